The van der Waals surface area contributed by atoms with Crippen molar-refractivity contribution in [2.24, 2.45) is 5.92 Å². The fraction of sp³-hybridized carbons (Fsp3) is 0.524. The highest BCUT2D eigenvalue weighted by Crippen LogP contribution is 2.40. The van der Waals surface area contributed by atoms with Crippen molar-refractivity contribution in [3.05, 3.63) is 29.0 Å². The first kappa shape index (κ1) is 17.9. The van der Waals surface area contributed by atoms with Gasteiger partial charge in [-0.3, -0.25) is 4.98 Å². The molecule has 0 spiro atoms. The van der Waals surface area contributed by atoms with Crippen molar-refractivity contribution in [1.82, 2.24) is 19.9 Å². The van der Waals surface area contributed by atoms with Gasteiger partial charge in [0.2, 0.25) is 0 Å². The van der Waals surface area contributed by atoms with Crippen LogP contribution in [0.1, 0.15) is 49.5 Å². The third-order valence-corrected chi connectivity index (χ3v) is 7.52. The predicted molar refractivity (Wildman–Crippen MR) is 112 cm³/mol. The van der Waals surface area contributed by atoms with E-state index >= 15 is 0 Å². The van der Waals surface area contributed by atoms with Crippen LogP contribution in [0.3, 0.4) is 0 Å². The van der Waals surface area contributed by atoms with Gasteiger partial charge in [0.25, 0.3) is 0 Å². The SMILES string of the molecule is CC1CCCC1(O)CNc1nc(-c2cnccn2)nc2sc3c(c12)CCCC3. The Morgan fingerprint density at radius 1 is 1.21 bits per heavy atom. The number of aromatic nitrogens is 4. The van der Waals surface area contributed by atoms with Gasteiger partial charge < -0.3 is 10.4 Å². The monoisotopic (exact) mass is 395 g/mol. The highest BCUT2D eigenvalue weighted by atomic mass is 32.1. The zero-order valence-electron chi connectivity index (χ0n) is 16.1. The molecule has 6 nitrogen and oxygen atoms in total. The molecule has 0 bridgehead atoms. The Kier molecular flexibility index (Phi) is 4.51. The largest absolute Gasteiger partial charge is 0.388 e. The van der Waals surface area contributed by atoms with E-state index in [2.05, 4.69) is 22.2 Å². The molecule has 2 atom stereocenters. The molecule has 5 rings (SSSR count). The summed E-state index contributed by atoms with van der Waals surface area (Å²) in [5, 5.41) is 15.7. The molecule has 3 aromatic heterocycles. The number of aliphatic hydroxyl groups is 1. The summed E-state index contributed by atoms with van der Waals surface area (Å²) in [6, 6.07) is 0. The number of rotatable bonds is 4. The van der Waals surface area contributed by atoms with E-state index in [1.165, 1.54) is 23.3 Å². The smallest absolute Gasteiger partial charge is 0.183 e. The van der Waals surface area contributed by atoms with Gasteiger partial charge in [-0.1, -0.05) is 13.3 Å². The van der Waals surface area contributed by atoms with Crippen LogP contribution in [0.25, 0.3) is 21.7 Å². The second-order valence-electron chi connectivity index (χ2n) is 8.13. The molecule has 0 aromatic carbocycles. The molecule has 1 saturated carbocycles. The molecule has 0 saturated heterocycles. The summed E-state index contributed by atoms with van der Waals surface area (Å²) in [6.07, 6.45) is 12.7. The molecule has 0 amide bonds. The van der Waals surface area contributed by atoms with Crippen molar-refractivity contribution < 1.29 is 5.11 Å². The lowest BCUT2D eigenvalue weighted by atomic mass is 9.92. The van der Waals surface area contributed by atoms with Gasteiger partial charge in [0.1, 0.15) is 16.3 Å². The fourth-order valence-corrected chi connectivity index (χ4v) is 5.80. The number of nitrogens with zero attached hydrogens (tertiary/aromatic N) is 4. The Morgan fingerprint density at radius 3 is 2.89 bits per heavy atom. The van der Waals surface area contributed by atoms with Crippen LogP contribution in [0.5, 0.6) is 0 Å². The zero-order chi connectivity index (χ0) is 19.1. The molecule has 7 heteroatoms. The van der Waals surface area contributed by atoms with Crippen molar-refractivity contribution in [2.45, 2.75) is 57.5 Å². The molecule has 2 unspecified atom stereocenters. The second kappa shape index (κ2) is 7.04. The van der Waals surface area contributed by atoms with Crippen LogP contribution in [-0.2, 0) is 12.8 Å². The first-order chi connectivity index (χ1) is 13.6. The van der Waals surface area contributed by atoms with E-state index < -0.39 is 5.60 Å². The molecule has 28 heavy (non-hydrogen) atoms. The van der Waals surface area contributed by atoms with E-state index in [0.717, 1.165) is 48.1 Å². The summed E-state index contributed by atoms with van der Waals surface area (Å²) in [5.74, 6) is 1.72. The lowest BCUT2D eigenvalue weighted by Crippen LogP contribution is -2.39. The number of nitrogens with one attached hydrogen (secondary N) is 1. The van der Waals surface area contributed by atoms with E-state index in [1.807, 2.05) is 0 Å². The Balaban J connectivity index is 1.59. The van der Waals surface area contributed by atoms with Gasteiger partial charge in [0, 0.05) is 23.8 Å². The maximum atomic E-state index is 11.0. The van der Waals surface area contributed by atoms with Crippen molar-refractivity contribution in [2.75, 3.05) is 11.9 Å². The van der Waals surface area contributed by atoms with Crippen LogP contribution in [-0.4, -0.2) is 37.2 Å². The van der Waals surface area contributed by atoms with Crippen LogP contribution >= 0.6 is 11.3 Å². The standard InChI is InChI=1S/C21H25N5OS/c1-13-5-4-8-21(13,27)12-24-19-17-14-6-2-3-7-16(14)28-20(17)26-18(25-19)15-11-22-9-10-23-15/h9-11,13,27H,2-8,12H2,1H3,(H,24,25,26). The first-order valence-corrected chi connectivity index (χ1v) is 11.0. The summed E-state index contributed by atoms with van der Waals surface area (Å²) < 4.78 is 0. The van der Waals surface area contributed by atoms with Gasteiger partial charge in [-0.2, -0.15) is 0 Å². The minimum atomic E-state index is -0.667. The maximum absolute atomic E-state index is 11.0. The summed E-state index contributed by atoms with van der Waals surface area (Å²) in [6.45, 7) is 2.66. The van der Waals surface area contributed by atoms with Crippen LogP contribution in [0.15, 0.2) is 18.6 Å². The molecule has 3 aromatic rings. The second-order valence-corrected chi connectivity index (χ2v) is 9.21. The number of anilines is 1. The molecular weight excluding hydrogens is 370 g/mol. The average molecular weight is 396 g/mol. The Morgan fingerprint density at radius 2 is 2.11 bits per heavy atom. The van der Waals surface area contributed by atoms with Crippen molar-refractivity contribution >= 4 is 27.4 Å². The summed E-state index contributed by atoms with van der Waals surface area (Å²) in [7, 11) is 0. The van der Waals surface area contributed by atoms with Crippen LogP contribution < -0.4 is 5.32 Å². The van der Waals surface area contributed by atoms with E-state index in [1.54, 1.807) is 29.9 Å². The first-order valence-electron chi connectivity index (χ1n) is 10.2. The Bertz CT molecular complexity index is 1000. The van der Waals surface area contributed by atoms with Gasteiger partial charge in [0.05, 0.1) is 17.2 Å². The van der Waals surface area contributed by atoms with E-state index in [-0.39, 0.29) is 0 Å². The van der Waals surface area contributed by atoms with Crippen molar-refractivity contribution in [1.29, 1.82) is 0 Å². The summed E-state index contributed by atoms with van der Waals surface area (Å²) in [5.41, 5.74) is 1.40. The molecule has 3 heterocycles. The number of thiophene rings is 1. The van der Waals surface area contributed by atoms with Crippen LogP contribution in [0.2, 0.25) is 0 Å². The molecule has 2 N–H and O–H groups in total. The topological polar surface area (TPSA) is 83.8 Å². The van der Waals surface area contributed by atoms with E-state index in [0.29, 0.717) is 24.0 Å². The molecular formula is C21H25N5OS. The quantitative estimate of drug-likeness (QED) is 0.695. The molecule has 146 valence electrons. The Labute approximate surface area is 168 Å². The van der Waals surface area contributed by atoms with Gasteiger partial charge in [-0.15, -0.1) is 11.3 Å². The minimum Gasteiger partial charge on any atom is -0.388 e. The van der Waals surface area contributed by atoms with E-state index in [4.69, 9.17) is 9.97 Å². The maximum Gasteiger partial charge on any atom is 0.183 e. The molecule has 0 aliphatic heterocycles. The van der Waals surface area contributed by atoms with Gasteiger partial charge in [0.15, 0.2) is 5.82 Å². The highest BCUT2D eigenvalue weighted by molar-refractivity contribution is 7.19. The van der Waals surface area contributed by atoms with Gasteiger partial charge >= 0.3 is 0 Å². The van der Waals surface area contributed by atoms with Crippen LogP contribution in [0.4, 0.5) is 5.82 Å². The van der Waals surface area contributed by atoms with E-state index in [9.17, 15) is 5.11 Å². The van der Waals surface area contributed by atoms with Crippen LogP contribution in [0, 0.1) is 5.92 Å². The number of hydrogen-bond acceptors (Lipinski definition) is 7. The molecule has 2 aliphatic rings. The van der Waals surface area contributed by atoms with Gasteiger partial charge in [-0.25, -0.2) is 15.0 Å². The highest BCUT2D eigenvalue weighted by Gasteiger charge is 2.38. The third-order valence-electron chi connectivity index (χ3n) is 6.33. The summed E-state index contributed by atoms with van der Waals surface area (Å²) >= 11 is 1.78. The molecule has 1 fully saturated rings. The summed E-state index contributed by atoms with van der Waals surface area (Å²) in [4.78, 5) is 20.7. The number of hydrogen-bond donors (Lipinski definition) is 2. The molecule has 0 radical (unpaired) electrons. The fourth-order valence-electron chi connectivity index (χ4n) is 4.54. The normalized spacial score (nSPS) is 24.4. The Hall–Kier alpha value is -2.12. The number of fused-ring (bicyclic) bond motifs is 3. The lowest BCUT2D eigenvalue weighted by Gasteiger charge is -2.28. The molecule has 2 aliphatic carbocycles. The van der Waals surface area contributed by atoms with Gasteiger partial charge in [-0.05, 0) is 50.0 Å². The lowest BCUT2D eigenvalue weighted by molar-refractivity contribution is 0.0223. The zero-order valence-corrected chi connectivity index (χ0v) is 16.9. The minimum absolute atomic E-state index is 0.299. The van der Waals surface area contributed by atoms with Crippen molar-refractivity contribution in [3.8, 4) is 11.5 Å². The average Bonchev–Trinajstić information content (AvgIpc) is 3.27. The third kappa shape index (κ3) is 3.06. The predicted octanol–water partition coefficient (Wildman–Crippen LogP) is 3.99. The van der Waals surface area contributed by atoms with Crippen molar-refractivity contribution in [3.63, 3.8) is 0 Å². The number of aryl methyl sites for hydroxylation is 2.